The van der Waals surface area contributed by atoms with Gasteiger partial charge in [0.05, 0.1) is 13.5 Å². The van der Waals surface area contributed by atoms with Crippen LogP contribution in [0.15, 0.2) is 35.4 Å². The van der Waals surface area contributed by atoms with E-state index in [0.29, 0.717) is 35.3 Å². The molecule has 6 nitrogen and oxygen atoms in total. The molecule has 6 heteroatoms. The first-order valence-electron chi connectivity index (χ1n) is 11.0. The summed E-state index contributed by atoms with van der Waals surface area (Å²) in [5.41, 5.74) is 4.30. The zero-order valence-electron chi connectivity index (χ0n) is 20.1. The largest absolute Gasteiger partial charge is 0.508 e. The minimum atomic E-state index is -0.696. The molecule has 0 spiro atoms. The third kappa shape index (κ3) is 4.85. The van der Waals surface area contributed by atoms with Gasteiger partial charge < -0.3 is 24.8 Å². The minimum Gasteiger partial charge on any atom is -0.508 e. The molecule has 2 aromatic carbocycles. The minimum absolute atomic E-state index is 0.00389. The topological polar surface area (TPSA) is 96.2 Å². The van der Waals surface area contributed by atoms with Gasteiger partial charge in [-0.2, -0.15) is 0 Å². The van der Waals surface area contributed by atoms with Crippen molar-refractivity contribution in [3.8, 4) is 28.7 Å². The van der Waals surface area contributed by atoms with Gasteiger partial charge in [0.2, 0.25) is 0 Å². The molecule has 1 aliphatic rings. The normalized spacial score (nSPS) is 14.8. The van der Waals surface area contributed by atoms with Gasteiger partial charge in [-0.25, -0.2) is 0 Å². The van der Waals surface area contributed by atoms with Gasteiger partial charge in [0.1, 0.15) is 40.4 Å². The molecule has 33 heavy (non-hydrogen) atoms. The standard InChI is InChI=1S/C27H32O6/c1-14(2)7-9-17-11-19(22(32-6)12-20(17)28)23-13-21(29)24-26(31)16(5)25(30)18(27(24)33-23)10-8-15(3)4/h7-8,11-12,23,28,30-31H,9-10,13H2,1-6H3. The smallest absolute Gasteiger partial charge is 0.174 e. The number of carbonyl (C=O) groups is 1. The number of aromatic hydroxyl groups is 3. The van der Waals surface area contributed by atoms with Gasteiger partial charge in [-0.1, -0.05) is 23.3 Å². The number of allylic oxidation sites excluding steroid dienone is 4. The number of ketones is 1. The summed E-state index contributed by atoms with van der Waals surface area (Å²) in [5.74, 6) is 0.0800. The van der Waals surface area contributed by atoms with Gasteiger partial charge in [-0.3, -0.25) is 4.79 Å². The second kappa shape index (κ2) is 9.61. The predicted octanol–water partition coefficient (Wildman–Crippen LogP) is 5.84. The molecule has 1 heterocycles. The van der Waals surface area contributed by atoms with Crippen molar-refractivity contribution >= 4 is 5.78 Å². The Hall–Kier alpha value is -3.41. The van der Waals surface area contributed by atoms with E-state index in [4.69, 9.17) is 9.47 Å². The van der Waals surface area contributed by atoms with Crippen LogP contribution in [0.2, 0.25) is 0 Å². The number of ether oxygens (including phenoxy) is 2. The van der Waals surface area contributed by atoms with Crippen molar-refractivity contribution in [1.29, 1.82) is 0 Å². The number of methoxy groups -OCH3 is 1. The number of Topliss-reactive ketones (excluding diaryl/α,β-unsaturated/α-hetero) is 1. The molecule has 0 radical (unpaired) electrons. The van der Waals surface area contributed by atoms with Gasteiger partial charge in [-0.05, 0) is 59.1 Å². The fourth-order valence-corrected chi connectivity index (χ4v) is 3.94. The van der Waals surface area contributed by atoms with Crippen molar-refractivity contribution in [3.05, 3.63) is 63.2 Å². The van der Waals surface area contributed by atoms with E-state index in [0.717, 1.165) is 11.1 Å². The quantitative estimate of drug-likeness (QED) is 0.476. The Morgan fingerprint density at radius 1 is 1.06 bits per heavy atom. The second-order valence-corrected chi connectivity index (χ2v) is 8.93. The fraction of sp³-hybridized carbons (Fsp3) is 0.370. The van der Waals surface area contributed by atoms with Crippen LogP contribution in [0.5, 0.6) is 28.7 Å². The molecule has 1 atom stereocenters. The number of phenolic OH excluding ortho intramolecular Hbond substituents is 3. The van der Waals surface area contributed by atoms with E-state index in [9.17, 15) is 20.1 Å². The molecule has 0 fully saturated rings. The number of hydrogen-bond acceptors (Lipinski definition) is 6. The number of fused-ring (bicyclic) bond motifs is 1. The summed E-state index contributed by atoms with van der Waals surface area (Å²) in [6, 6.07) is 3.32. The molecule has 0 aromatic heterocycles. The maximum absolute atomic E-state index is 13.2. The molecule has 1 aliphatic heterocycles. The zero-order valence-corrected chi connectivity index (χ0v) is 20.1. The molecule has 3 N–H and O–H groups in total. The average molecular weight is 453 g/mol. The highest BCUT2D eigenvalue weighted by atomic mass is 16.5. The third-order valence-electron chi connectivity index (χ3n) is 5.87. The molecule has 0 amide bonds. The van der Waals surface area contributed by atoms with E-state index in [2.05, 4.69) is 0 Å². The summed E-state index contributed by atoms with van der Waals surface area (Å²) in [6.07, 6.45) is 4.12. The van der Waals surface area contributed by atoms with Crippen molar-refractivity contribution in [2.75, 3.05) is 7.11 Å². The Bertz CT molecular complexity index is 1150. The Labute approximate surface area is 194 Å². The van der Waals surface area contributed by atoms with Crippen molar-refractivity contribution < 1.29 is 29.6 Å². The first-order chi connectivity index (χ1) is 15.5. The lowest BCUT2D eigenvalue weighted by Crippen LogP contribution is -2.22. The monoisotopic (exact) mass is 452 g/mol. The van der Waals surface area contributed by atoms with Crippen LogP contribution in [0.25, 0.3) is 0 Å². The Kier molecular flexibility index (Phi) is 7.06. The van der Waals surface area contributed by atoms with Crippen LogP contribution in [0.1, 0.15) is 72.8 Å². The number of rotatable bonds is 6. The molecule has 3 rings (SSSR count). The highest BCUT2D eigenvalue weighted by Gasteiger charge is 2.36. The van der Waals surface area contributed by atoms with E-state index in [1.807, 2.05) is 39.8 Å². The van der Waals surface area contributed by atoms with Crippen LogP contribution in [0, 0.1) is 6.92 Å². The lowest BCUT2D eigenvalue weighted by molar-refractivity contribution is 0.0839. The van der Waals surface area contributed by atoms with E-state index in [1.54, 1.807) is 13.0 Å². The number of hydrogen-bond donors (Lipinski definition) is 3. The summed E-state index contributed by atoms with van der Waals surface area (Å²) in [4.78, 5) is 13.2. The van der Waals surface area contributed by atoms with Crippen LogP contribution in [-0.4, -0.2) is 28.2 Å². The Balaban J connectivity index is 2.15. The van der Waals surface area contributed by atoms with Gasteiger partial charge in [0.25, 0.3) is 0 Å². The summed E-state index contributed by atoms with van der Waals surface area (Å²) >= 11 is 0. The Morgan fingerprint density at radius 2 is 1.70 bits per heavy atom. The van der Waals surface area contributed by atoms with Crippen LogP contribution in [0.4, 0.5) is 0 Å². The van der Waals surface area contributed by atoms with Crippen molar-refractivity contribution in [3.63, 3.8) is 0 Å². The summed E-state index contributed by atoms with van der Waals surface area (Å²) in [5, 5.41) is 31.8. The van der Waals surface area contributed by atoms with Crippen molar-refractivity contribution in [2.45, 2.75) is 60.0 Å². The summed E-state index contributed by atoms with van der Waals surface area (Å²) in [7, 11) is 1.49. The number of phenols is 3. The first-order valence-corrected chi connectivity index (χ1v) is 11.0. The highest BCUT2D eigenvalue weighted by Crippen LogP contribution is 2.49. The zero-order chi connectivity index (χ0) is 24.4. The molecular weight excluding hydrogens is 420 g/mol. The van der Waals surface area contributed by atoms with Gasteiger partial charge in [-0.15, -0.1) is 0 Å². The summed E-state index contributed by atoms with van der Waals surface area (Å²) in [6.45, 7) is 9.43. The SMILES string of the molecule is COc1cc(O)c(CC=C(C)C)cc1C1CC(=O)c2c(O)c(C)c(O)c(CC=C(C)C)c2O1. The van der Waals surface area contributed by atoms with E-state index >= 15 is 0 Å². The first kappa shape index (κ1) is 24.2. The van der Waals surface area contributed by atoms with Crippen LogP contribution in [-0.2, 0) is 12.8 Å². The number of benzene rings is 2. The maximum Gasteiger partial charge on any atom is 0.174 e. The van der Waals surface area contributed by atoms with Crippen LogP contribution in [0.3, 0.4) is 0 Å². The van der Waals surface area contributed by atoms with Crippen molar-refractivity contribution in [1.82, 2.24) is 0 Å². The molecular formula is C27H32O6. The lowest BCUT2D eigenvalue weighted by atomic mass is 9.89. The maximum atomic E-state index is 13.2. The molecule has 2 aromatic rings. The number of carbonyl (C=O) groups excluding carboxylic acids is 1. The molecule has 0 bridgehead atoms. The molecule has 0 aliphatic carbocycles. The summed E-state index contributed by atoms with van der Waals surface area (Å²) < 4.78 is 11.8. The van der Waals surface area contributed by atoms with Gasteiger partial charge >= 0.3 is 0 Å². The average Bonchev–Trinajstić information content (AvgIpc) is 2.75. The lowest BCUT2D eigenvalue weighted by Gasteiger charge is -2.30. The van der Waals surface area contributed by atoms with Crippen molar-refractivity contribution in [2.24, 2.45) is 0 Å². The molecule has 1 unspecified atom stereocenters. The third-order valence-corrected chi connectivity index (χ3v) is 5.87. The van der Waals surface area contributed by atoms with Gasteiger partial charge in [0.15, 0.2) is 5.78 Å². The second-order valence-electron chi connectivity index (χ2n) is 8.93. The van der Waals surface area contributed by atoms with E-state index in [1.165, 1.54) is 13.2 Å². The molecule has 176 valence electrons. The van der Waals surface area contributed by atoms with Gasteiger partial charge in [0, 0.05) is 22.8 Å². The van der Waals surface area contributed by atoms with E-state index < -0.39 is 6.10 Å². The van der Waals surface area contributed by atoms with E-state index in [-0.39, 0.29) is 46.3 Å². The van der Waals surface area contributed by atoms with Crippen LogP contribution >= 0.6 is 0 Å². The molecule has 0 saturated heterocycles. The highest BCUT2D eigenvalue weighted by molar-refractivity contribution is 6.04. The Morgan fingerprint density at radius 3 is 2.30 bits per heavy atom. The molecule has 0 saturated carbocycles. The predicted molar refractivity (Wildman–Crippen MR) is 128 cm³/mol. The van der Waals surface area contributed by atoms with Crippen LogP contribution < -0.4 is 9.47 Å². The fourth-order valence-electron chi connectivity index (χ4n) is 3.94.